The Morgan fingerprint density at radius 2 is 1.50 bits per heavy atom. The third kappa shape index (κ3) is 7.25. The van der Waals surface area contributed by atoms with Crippen molar-refractivity contribution in [2.75, 3.05) is 12.4 Å². The number of aryl methyl sites for hydroxylation is 1. The van der Waals surface area contributed by atoms with Gasteiger partial charge in [-0.05, 0) is 60.5 Å². The first-order valence-corrected chi connectivity index (χ1v) is 12.1. The number of carbonyl (C=O) groups is 1. The zero-order chi connectivity index (χ0) is 26.7. The van der Waals surface area contributed by atoms with Gasteiger partial charge < -0.3 is 19.5 Å². The van der Waals surface area contributed by atoms with Crippen LogP contribution in [0, 0.1) is 18.3 Å². The highest BCUT2D eigenvalue weighted by atomic mass is 16.5. The van der Waals surface area contributed by atoms with Gasteiger partial charge in [0.15, 0.2) is 0 Å². The topological polar surface area (TPSA) is 80.6 Å². The molecule has 38 heavy (non-hydrogen) atoms. The van der Waals surface area contributed by atoms with Crippen LogP contribution in [-0.4, -0.2) is 13.0 Å². The minimum Gasteiger partial charge on any atom is -0.497 e. The second-order valence-corrected chi connectivity index (χ2v) is 8.60. The molecular weight excluding hydrogens is 476 g/mol. The molecule has 4 aromatic rings. The number of methoxy groups -OCH3 is 1. The number of anilines is 1. The third-order valence-electron chi connectivity index (χ3n) is 5.76. The molecule has 0 saturated carbocycles. The fourth-order valence-corrected chi connectivity index (χ4v) is 3.61. The van der Waals surface area contributed by atoms with E-state index in [1.165, 1.54) is 6.08 Å². The highest BCUT2D eigenvalue weighted by Gasteiger charge is 2.13. The fraction of sp³-hybridized carbons (Fsp3) is 0.125. The van der Waals surface area contributed by atoms with Crippen molar-refractivity contribution in [2.24, 2.45) is 0 Å². The van der Waals surface area contributed by atoms with E-state index in [-0.39, 0.29) is 5.57 Å². The highest BCUT2D eigenvalue weighted by molar-refractivity contribution is 6.09. The normalized spacial score (nSPS) is 10.8. The summed E-state index contributed by atoms with van der Waals surface area (Å²) in [4.78, 5) is 12.9. The lowest BCUT2D eigenvalue weighted by Gasteiger charge is -2.12. The lowest BCUT2D eigenvalue weighted by atomic mass is 10.1. The molecule has 0 unspecified atom stereocenters. The van der Waals surface area contributed by atoms with Gasteiger partial charge in [0.2, 0.25) is 0 Å². The van der Waals surface area contributed by atoms with Crippen LogP contribution in [0.3, 0.4) is 0 Å². The maximum Gasteiger partial charge on any atom is 0.266 e. The SMILES string of the molecule is COc1ccc(/C=C(\C#N)C(=O)Nc2ccc(OCc3ccccc3)cc2)c(OCc2ccc(C)cc2)c1. The number of carbonyl (C=O) groups excluding carboxylic acids is 1. The van der Waals surface area contributed by atoms with E-state index in [1.807, 2.05) is 67.6 Å². The molecule has 0 radical (unpaired) electrons. The zero-order valence-corrected chi connectivity index (χ0v) is 21.3. The van der Waals surface area contributed by atoms with Crippen LogP contribution < -0.4 is 19.5 Å². The van der Waals surface area contributed by atoms with Crippen molar-refractivity contribution in [1.29, 1.82) is 5.26 Å². The van der Waals surface area contributed by atoms with E-state index >= 15 is 0 Å². The van der Waals surface area contributed by atoms with Gasteiger partial charge in [-0.1, -0.05) is 60.2 Å². The van der Waals surface area contributed by atoms with Gasteiger partial charge in [-0.2, -0.15) is 5.26 Å². The molecule has 0 saturated heterocycles. The van der Waals surface area contributed by atoms with Crippen LogP contribution >= 0.6 is 0 Å². The molecule has 0 bridgehead atoms. The Hall–Kier alpha value is -5.02. The monoisotopic (exact) mass is 504 g/mol. The molecule has 0 aromatic heterocycles. The third-order valence-corrected chi connectivity index (χ3v) is 5.76. The number of nitrogens with zero attached hydrogens (tertiary/aromatic N) is 1. The molecule has 0 atom stereocenters. The maximum atomic E-state index is 12.9. The summed E-state index contributed by atoms with van der Waals surface area (Å²) in [5.41, 5.74) is 4.32. The van der Waals surface area contributed by atoms with E-state index in [9.17, 15) is 10.1 Å². The summed E-state index contributed by atoms with van der Waals surface area (Å²) in [6.45, 7) is 2.81. The molecule has 4 rings (SSSR count). The van der Waals surface area contributed by atoms with E-state index in [0.717, 1.165) is 16.7 Å². The van der Waals surface area contributed by atoms with E-state index < -0.39 is 5.91 Å². The van der Waals surface area contributed by atoms with Crippen LogP contribution in [0.5, 0.6) is 17.2 Å². The summed E-state index contributed by atoms with van der Waals surface area (Å²) >= 11 is 0. The summed E-state index contributed by atoms with van der Waals surface area (Å²) in [6.07, 6.45) is 1.51. The van der Waals surface area contributed by atoms with Crippen molar-refractivity contribution in [3.63, 3.8) is 0 Å². The molecule has 1 amide bonds. The Morgan fingerprint density at radius 3 is 2.18 bits per heavy atom. The van der Waals surface area contributed by atoms with Gasteiger partial charge >= 0.3 is 0 Å². The Balaban J connectivity index is 1.44. The molecule has 4 aromatic carbocycles. The van der Waals surface area contributed by atoms with Gasteiger partial charge in [0.25, 0.3) is 5.91 Å². The number of nitriles is 1. The van der Waals surface area contributed by atoms with Crippen molar-refractivity contribution < 1.29 is 19.0 Å². The van der Waals surface area contributed by atoms with Crippen LogP contribution in [0.4, 0.5) is 5.69 Å². The predicted octanol–water partition coefficient (Wildman–Crippen LogP) is 6.71. The fourth-order valence-electron chi connectivity index (χ4n) is 3.61. The second-order valence-electron chi connectivity index (χ2n) is 8.60. The van der Waals surface area contributed by atoms with Crippen LogP contribution in [0.15, 0.2) is 103 Å². The van der Waals surface area contributed by atoms with E-state index in [0.29, 0.717) is 41.7 Å². The Morgan fingerprint density at radius 1 is 0.842 bits per heavy atom. The quantitative estimate of drug-likeness (QED) is 0.192. The molecule has 0 heterocycles. The van der Waals surface area contributed by atoms with Gasteiger partial charge in [0.05, 0.1) is 7.11 Å². The standard InChI is InChI=1S/C32H28N2O4/c1-23-8-10-25(11-9-23)22-38-31-19-30(36-2)15-12-26(31)18-27(20-33)32(35)34-28-13-16-29(17-14-28)37-21-24-6-4-3-5-7-24/h3-19H,21-22H2,1-2H3,(H,34,35)/b27-18+. The van der Waals surface area contributed by atoms with E-state index in [2.05, 4.69) is 5.32 Å². The van der Waals surface area contributed by atoms with Gasteiger partial charge in [-0.3, -0.25) is 4.79 Å². The largest absolute Gasteiger partial charge is 0.497 e. The number of benzene rings is 4. The first kappa shape index (κ1) is 26.1. The number of hydrogen-bond donors (Lipinski definition) is 1. The average molecular weight is 505 g/mol. The minimum atomic E-state index is -0.522. The Bertz CT molecular complexity index is 1440. The van der Waals surface area contributed by atoms with Crippen molar-refractivity contribution in [3.8, 4) is 23.3 Å². The number of rotatable bonds is 10. The summed E-state index contributed by atoms with van der Waals surface area (Å²) < 4.78 is 17.2. The molecule has 0 spiro atoms. The van der Waals surface area contributed by atoms with Crippen LogP contribution in [0.1, 0.15) is 22.3 Å². The van der Waals surface area contributed by atoms with Gasteiger partial charge in [0.1, 0.15) is 42.1 Å². The lowest BCUT2D eigenvalue weighted by Crippen LogP contribution is -2.13. The Kier molecular flexibility index (Phi) is 8.77. The molecule has 0 fully saturated rings. The van der Waals surface area contributed by atoms with Gasteiger partial charge in [-0.25, -0.2) is 0 Å². The smallest absolute Gasteiger partial charge is 0.266 e. The summed E-state index contributed by atoms with van der Waals surface area (Å²) in [7, 11) is 1.57. The molecule has 190 valence electrons. The number of hydrogen-bond acceptors (Lipinski definition) is 5. The molecule has 6 heteroatoms. The number of ether oxygens (including phenoxy) is 3. The molecule has 0 aliphatic heterocycles. The average Bonchev–Trinajstić information content (AvgIpc) is 2.96. The minimum absolute atomic E-state index is 0.0558. The zero-order valence-electron chi connectivity index (χ0n) is 21.3. The van der Waals surface area contributed by atoms with E-state index in [4.69, 9.17) is 14.2 Å². The van der Waals surface area contributed by atoms with Crippen LogP contribution in [-0.2, 0) is 18.0 Å². The van der Waals surface area contributed by atoms with Crippen LogP contribution in [0.25, 0.3) is 6.08 Å². The highest BCUT2D eigenvalue weighted by Crippen LogP contribution is 2.28. The lowest BCUT2D eigenvalue weighted by molar-refractivity contribution is -0.112. The maximum absolute atomic E-state index is 12.9. The van der Waals surface area contributed by atoms with Crippen LogP contribution in [0.2, 0.25) is 0 Å². The van der Waals surface area contributed by atoms with Crippen molar-refractivity contribution in [2.45, 2.75) is 20.1 Å². The molecule has 0 aliphatic rings. The first-order valence-electron chi connectivity index (χ1n) is 12.1. The first-order chi connectivity index (χ1) is 18.5. The summed E-state index contributed by atoms with van der Waals surface area (Å²) in [5.74, 6) is 1.27. The molecular formula is C32H28N2O4. The van der Waals surface area contributed by atoms with Crippen molar-refractivity contribution >= 4 is 17.7 Å². The summed E-state index contributed by atoms with van der Waals surface area (Å²) in [6, 6.07) is 32.2. The van der Waals surface area contributed by atoms with E-state index in [1.54, 1.807) is 49.6 Å². The van der Waals surface area contributed by atoms with Gasteiger partial charge in [0, 0.05) is 17.3 Å². The predicted molar refractivity (Wildman–Crippen MR) is 148 cm³/mol. The van der Waals surface area contributed by atoms with Crippen molar-refractivity contribution in [1.82, 2.24) is 0 Å². The number of nitrogens with one attached hydrogen (secondary N) is 1. The van der Waals surface area contributed by atoms with Crippen molar-refractivity contribution in [3.05, 3.63) is 125 Å². The summed E-state index contributed by atoms with van der Waals surface area (Å²) in [5, 5.41) is 12.5. The molecule has 0 aliphatic carbocycles. The number of amides is 1. The Labute approximate surface area is 222 Å². The molecule has 1 N–H and O–H groups in total. The second kappa shape index (κ2) is 12.8. The van der Waals surface area contributed by atoms with Gasteiger partial charge in [-0.15, -0.1) is 0 Å². The molecule has 6 nitrogen and oxygen atoms in total.